The minimum Gasteiger partial charge on any atom is -0.379 e. The molecule has 2 aliphatic heterocycles. The number of pyridine rings is 1. The fourth-order valence-electron chi connectivity index (χ4n) is 4.42. The Morgan fingerprint density at radius 3 is 2.28 bits per heavy atom. The molecule has 3 heterocycles. The Balaban J connectivity index is 1.43. The second-order valence-corrected chi connectivity index (χ2v) is 11.2. The van der Waals surface area contributed by atoms with Gasteiger partial charge in [-0.05, 0) is 42.5 Å². The quantitative estimate of drug-likeness (QED) is 0.254. The van der Waals surface area contributed by atoms with Gasteiger partial charge in [0.15, 0.2) is 5.11 Å². The SMILES string of the molecule is O=S(=O)(c1ccc(N2CCOCC2)c(NC(=S)NN=C(c2ccccc2)c2ccccn2)c1)N1CCOCC1. The van der Waals surface area contributed by atoms with Gasteiger partial charge in [0.05, 0.1) is 48.4 Å². The van der Waals surface area contributed by atoms with Gasteiger partial charge in [-0.15, -0.1) is 0 Å². The van der Waals surface area contributed by atoms with Gasteiger partial charge in [0.25, 0.3) is 0 Å². The van der Waals surface area contributed by atoms with E-state index in [1.54, 1.807) is 18.3 Å². The molecule has 0 aliphatic carbocycles. The zero-order valence-corrected chi connectivity index (χ0v) is 23.0. The highest BCUT2D eigenvalue weighted by Crippen LogP contribution is 2.31. The van der Waals surface area contributed by atoms with Crippen LogP contribution in [0.2, 0.25) is 0 Å². The van der Waals surface area contributed by atoms with Gasteiger partial charge in [-0.2, -0.15) is 9.41 Å². The van der Waals surface area contributed by atoms with Crippen LogP contribution in [0.15, 0.2) is 82.9 Å². The summed E-state index contributed by atoms with van der Waals surface area (Å²) in [6, 6.07) is 20.4. The van der Waals surface area contributed by atoms with Crippen LogP contribution in [0, 0.1) is 0 Å². The number of sulfonamides is 1. The number of nitrogens with zero attached hydrogens (tertiary/aromatic N) is 4. The molecule has 3 aromatic rings. The highest BCUT2D eigenvalue weighted by molar-refractivity contribution is 7.89. The van der Waals surface area contributed by atoms with E-state index in [1.165, 1.54) is 4.31 Å². The average molecular weight is 567 g/mol. The molecule has 5 rings (SSSR count). The number of hydrogen-bond donors (Lipinski definition) is 2. The number of rotatable bonds is 7. The summed E-state index contributed by atoms with van der Waals surface area (Å²) in [5.74, 6) is 0. The highest BCUT2D eigenvalue weighted by Gasteiger charge is 2.28. The van der Waals surface area contributed by atoms with Crippen LogP contribution in [0.3, 0.4) is 0 Å². The summed E-state index contributed by atoms with van der Waals surface area (Å²) < 4.78 is 39.0. The van der Waals surface area contributed by atoms with E-state index in [2.05, 4.69) is 25.7 Å². The molecule has 0 atom stereocenters. The van der Waals surface area contributed by atoms with E-state index in [0.29, 0.717) is 69.7 Å². The lowest BCUT2D eigenvalue weighted by Crippen LogP contribution is -2.40. The van der Waals surface area contributed by atoms with Gasteiger partial charge >= 0.3 is 0 Å². The number of nitrogens with one attached hydrogen (secondary N) is 2. The van der Waals surface area contributed by atoms with Crippen LogP contribution < -0.4 is 15.6 Å². The van der Waals surface area contributed by atoms with Crippen molar-refractivity contribution in [2.45, 2.75) is 4.90 Å². The Bertz CT molecular complexity index is 1370. The zero-order chi connectivity index (χ0) is 27.1. The molecule has 2 aliphatic rings. The van der Waals surface area contributed by atoms with E-state index in [1.807, 2.05) is 54.6 Å². The minimum atomic E-state index is -3.69. The molecule has 0 saturated carbocycles. The predicted molar refractivity (Wildman–Crippen MR) is 155 cm³/mol. The fraction of sp³-hybridized carbons (Fsp3) is 0.296. The van der Waals surface area contributed by atoms with Gasteiger partial charge < -0.3 is 19.7 Å². The normalized spacial score (nSPS) is 17.0. The number of morpholine rings is 2. The smallest absolute Gasteiger partial charge is 0.243 e. The van der Waals surface area contributed by atoms with Crippen molar-refractivity contribution in [3.63, 3.8) is 0 Å². The molecule has 39 heavy (non-hydrogen) atoms. The van der Waals surface area contributed by atoms with Crippen LogP contribution in [0.5, 0.6) is 0 Å². The van der Waals surface area contributed by atoms with Crippen molar-refractivity contribution >= 4 is 44.4 Å². The van der Waals surface area contributed by atoms with Crippen molar-refractivity contribution in [2.75, 3.05) is 62.8 Å². The Labute approximate surface area is 233 Å². The Morgan fingerprint density at radius 1 is 0.897 bits per heavy atom. The van der Waals surface area contributed by atoms with Crippen LogP contribution in [0.1, 0.15) is 11.3 Å². The molecule has 0 spiro atoms. The third-order valence-electron chi connectivity index (χ3n) is 6.40. The number of ether oxygens (including phenoxy) is 2. The number of aromatic nitrogens is 1. The van der Waals surface area contributed by atoms with Crippen LogP contribution in [0.4, 0.5) is 11.4 Å². The summed E-state index contributed by atoms with van der Waals surface area (Å²) in [6.07, 6.45) is 1.71. The molecular formula is C27H30N6O4S2. The van der Waals surface area contributed by atoms with Gasteiger partial charge in [-0.25, -0.2) is 8.42 Å². The summed E-state index contributed by atoms with van der Waals surface area (Å²) in [7, 11) is -3.69. The van der Waals surface area contributed by atoms with E-state index >= 15 is 0 Å². The lowest BCUT2D eigenvalue weighted by molar-refractivity contribution is 0.0730. The standard InChI is InChI=1S/C27H30N6O4S2/c34-39(35,33-14-18-37-19-15-33)22-9-10-25(32-12-16-36-17-13-32)24(20-22)29-27(38)31-30-26(21-6-2-1-3-7-21)23-8-4-5-11-28-23/h1-11,20H,12-19H2,(H2,29,31,38). The van der Waals surface area contributed by atoms with Gasteiger partial charge in [0.1, 0.15) is 5.71 Å². The first-order valence-corrected chi connectivity index (χ1v) is 14.5. The Kier molecular flexibility index (Phi) is 8.79. The van der Waals surface area contributed by atoms with Gasteiger partial charge in [-0.1, -0.05) is 36.4 Å². The van der Waals surface area contributed by atoms with Crippen molar-refractivity contribution in [2.24, 2.45) is 5.10 Å². The second kappa shape index (κ2) is 12.6. The highest BCUT2D eigenvalue weighted by atomic mass is 32.2. The van der Waals surface area contributed by atoms with Crippen molar-refractivity contribution in [1.29, 1.82) is 0 Å². The van der Waals surface area contributed by atoms with Crippen molar-refractivity contribution in [3.05, 3.63) is 84.2 Å². The molecule has 0 radical (unpaired) electrons. The number of thiocarbonyl (C=S) groups is 1. The molecule has 0 amide bonds. The van der Waals surface area contributed by atoms with Gasteiger partial charge in [0.2, 0.25) is 10.0 Å². The number of benzene rings is 2. The van der Waals surface area contributed by atoms with Crippen molar-refractivity contribution in [1.82, 2.24) is 14.7 Å². The minimum absolute atomic E-state index is 0.189. The second-order valence-electron chi connectivity index (χ2n) is 8.90. The third kappa shape index (κ3) is 6.60. The molecular weight excluding hydrogens is 536 g/mol. The van der Waals surface area contributed by atoms with E-state index in [0.717, 1.165) is 11.3 Å². The number of hydrazone groups is 1. The van der Waals surface area contributed by atoms with Crippen LogP contribution in [-0.2, 0) is 19.5 Å². The molecule has 204 valence electrons. The maximum atomic E-state index is 13.4. The molecule has 2 N–H and O–H groups in total. The molecule has 1 aromatic heterocycles. The first-order chi connectivity index (χ1) is 19.0. The lowest BCUT2D eigenvalue weighted by atomic mass is 10.1. The van der Waals surface area contributed by atoms with E-state index in [9.17, 15) is 8.42 Å². The summed E-state index contributed by atoms with van der Waals surface area (Å²) in [6.45, 7) is 3.93. The largest absolute Gasteiger partial charge is 0.379 e. The van der Waals surface area contributed by atoms with Crippen molar-refractivity contribution < 1.29 is 17.9 Å². The number of anilines is 2. The van der Waals surface area contributed by atoms with E-state index in [-0.39, 0.29) is 10.0 Å². The Morgan fingerprint density at radius 2 is 1.59 bits per heavy atom. The van der Waals surface area contributed by atoms with E-state index < -0.39 is 10.0 Å². The molecule has 0 unspecified atom stereocenters. The van der Waals surface area contributed by atoms with Crippen LogP contribution in [-0.4, -0.2) is 81.1 Å². The van der Waals surface area contributed by atoms with Crippen molar-refractivity contribution in [3.8, 4) is 0 Å². The first kappa shape index (κ1) is 27.2. The molecule has 10 nitrogen and oxygen atoms in total. The zero-order valence-electron chi connectivity index (χ0n) is 21.3. The summed E-state index contributed by atoms with van der Waals surface area (Å²) in [4.78, 5) is 6.78. The van der Waals surface area contributed by atoms with Gasteiger partial charge in [-0.3, -0.25) is 10.4 Å². The monoisotopic (exact) mass is 566 g/mol. The predicted octanol–water partition coefficient (Wildman–Crippen LogP) is 2.68. The summed E-state index contributed by atoms with van der Waals surface area (Å²) >= 11 is 5.61. The topological polar surface area (TPSA) is 108 Å². The van der Waals surface area contributed by atoms with Gasteiger partial charge in [0, 0.05) is 37.9 Å². The first-order valence-electron chi connectivity index (χ1n) is 12.7. The lowest BCUT2D eigenvalue weighted by Gasteiger charge is -2.31. The van der Waals surface area contributed by atoms with E-state index in [4.69, 9.17) is 21.7 Å². The molecule has 0 bridgehead atoms. The summed E-state index contributed by atoms with van der Waals surface area (Å²) in [5, 5.41) is 7.98. The number of hydrogen-bond acceptors (Lipinski definition) is 8. The van der Waals surface area contributed by atoms with Crippen LogP contribution >= 0.6 is 12.2 Å². The molecule has 2 fully saturated rings. The maximum Gasteiger partial charge on any atom is 0.243 e. The Hall–Kier alpha value is -3.42. The fourth-order valence-corrected chi connectivity index (χ4v) is 6.01. The maximum absolute atomic E-state index is 13.4. The average Bonchev–Trinajstić information content (AvgIpc) is 2.99. The third-order valence-corrected chi connectivity index (χ3v) is 8.49. The molecule has 12 heteroatoms. The van der Waals surface area contributed by atoms with Crippen LogP contribution in [0.25, 0.3) is 0 Å². The molecule has 2 aromatic carbocycles. The molecule has 2 saturated heterocycles. The summed E-state index contributed by atoms with van der Waals surface area (Å²) in [5.41, 5.74) is 6.51.